The van der Waals surface area contributed by atoms with Crippen LogP contribution in [0.15, 0.2) is 180 Å². The molecule has 1 aliphatic rings. The van der Waals surface area contributed by atoms with E-state index in [0.717, 1.165) is 0 Å². The van der Waals surface area contributed by atoms with Gasteiger partial charge in [-0.1, -0.05) is 163 Å². The van der Waals surface area contributed by atoms with Crippen LogP contribution in [0.4, 0.5) is 0 Å². The normalized spacial score (nSPS) is 12.2. The molecule has 0 saturated heterocycles. The Morgan fingerprint density at radius 2 is 0.830 bits per heavy atom. The molecular weight excluding hydrogens is 585 g/mol. The number of fused-ring (bicyclic) bond motifs is 5. The van der Waals surface area contributed by atoms with Gasteiger partial charge in [-0.05, 0) is 100 Å². The average Bonchev–Trinajstić information content (AvgIpc) is 3.14. The minimum atomic E-state index is 1.25. The van der Waals surface area contributed by atoms with Crippen molar-refractivity contribution in [3.8, 4) is 44.5 Å². The standard InChI is InChI=1S/C46H28S/c1-2-16-32-29(12-1)13-9-23-33(32)34-17-3-4-18-35(34)46-38-21-7-5-19-36(38)44(37-20-6-8-22-39(37)46)31-26-27-42-41(28-31)40-24-10-14-30-15-11-25-43(47-42)45(30)40/h1-28H. The summed E-state index contributed by atoms with van der Waals surface area (Å²) in [6.07, 6.45) is 0. The topological polar surface area (TPSA) is 0 Å². The van der Waals surface area contributed by atoms with Crippen LogP contribution in [0.2, 0.25) is 0 Å². The second-order valence-corrected chi connectivity index (χ2v) is 13.5. The van der Waals surface area contributed by atoms with Gasteiger partial charge in [0.1, 0.15) is 0 Å². The lowest BCUT2D eigenvalue weighted by Gasteiger charge is -2.23. The summed E-state index contributed by atoms with van der Waals surface area (Å²) in [7, 11) is 0. The van der Waals surface area contributed by atoms with E-state index in [0.29, 0.717) is 0 Å². The Morgan fingerprint density at radius 3 is 1.57 bits per heavy atom. The first kappa shape index (κ1) is 26.6. The zero-order valence-corrected chi connectivity index (χ0v) is 26.4. The molecule has 0 spiro atoms. The molecule has 0 amide bonds. The summed E-state index contributed by atoms with van der Waals surface area (Å²) in [5.74, 6) is 0. The maximum atomic E-state index is 2.44. The predicted molar refractivity (Wildman–Crippen MR) is 202 cm³/mol. The smallest absolute Gasteiger partial charge is 0.0207 e. The van der Waals surface area contributed by atoms with Gasteiger partial charge in [0.15, 0.2) is 0 Å². The van der Waals surface area contributed by atoms with Crippen LogP contribution in [0.3, 0.4) is 0 Å². The van der Waals surface area contributed by atoms with Gasteiger partial charge in [0.25, 0.3) is 0 Å². The molecule has 0 radical (unpaired) electrons. The van der Waals surface area contributed by atoms with E-state index in [-0.39, 0.29) is 0 Å². The molecule has 0 N–H and O–H groups in total. The number of benzene rings is 9. The fourth-order valence-corrected chi connectivity index (χ4v) is 8.97. The summed E-state index contributed by atoms with van der Waals surface area (Å²) < 4.78 is 0. The van der Waals surface area contributed by atoms with Crippen LogP contribution in [0, 0.1) is 0 Å². The van der Waals surface area contributed by atoms with Gasteiger partial charge in [-0.2, -0.15) is 0 Å². The van der Waals surface area contributed by atoms with E-state index in [9.17, 15) is 0 Å². The van der Waals surface area contributed by atoms with Gasteiger partial charge in [-0.15, -0.1) is 0 Å². The maximum Gasteiger partial charge on any atom is 0.0207 e. The van der Waals surface area contributed by atoms with Crippen molar-refractivity contribution in [2.24, 2.45) is 0 Å². The minimum absolute atomic E-state index is 1.25. The molecule has 0 fully saturated rings. The van der Waals surface area contributed by atoms with Gasteiger partial charge >= 0.3 is 0 Å². The van der Waals surface area contributed by atoms with Gasteiger partial charge in [-0.25, -0.2) is 0 Å². The second kappa shape index (κ2) is 10.5. The number of hydrogen-bond acceptors (Lipinski definition) is 1. The zero-order valence-electron chi connectivity index (χ0n) is 25.6. The summed E-state index contributed by atoms with van der Waals surface area (Å²) in [4.78, 5) is 2.65. The summed E-state index contributed by atoms with van der Waals surface area (Å²) in [6, 6.07) is 62.8. The molecule has 1 heteroatoms. The molecule has 47 heavy (non-hydrogen) atoms. The summed E-state index contributed by atoms with van der Waals surface area (Å²) >= 11 is 1.89. The van der Waals surface area contributed by atoms with Gasteiger partial charge < -0.3 is 0 Å². The highest BCUT2D eigenvalue weighted by Crippen LogP contribution is 2.51. The van der Waals surface area contributed by atoms with Gasteiger partial charge in [0.2, 0.25) is 0 Å². The molecule has 0 saturated carbocycles. The van der Waals surface area contributed by atoms with Gasteiger partial charge in [0, 0.05) is 15.2 Å². The molecule has 0 nitrogen and oxygen atoms in total. The second-order valence-electron chi connectivity index (χ2n) is 12.4. The Hall–Kier alpha value is -5.63. The van der Waals surface area contributed by atoms with E-state index >= 15 is 0 Å². The lowest BCUT2D eigenvalue weighted by atomic mass is 9.83. The quantitative estimate of drug-likeness (QED) is 0.179. The van der Waals surface area contributed by atoms with Crippen LogP contribution in [0.25, 0.3) is 87.6 Å². The van der Waals surface area contributed by atoms with Crippen molar-refractivity contribution in [1.82, 2.24) is 0 Å². The molecule has 0 atom stereocenters. The van der Waals surface area contributed by atoms with Crippen LogP contribution in [-0.2, 0) is 0 Å². The minimum Gasteiger partial charge on any atom is -0.0888 e. The molecular formula is C46H28S. The Morgan fingerprint density at radius 1 is 0.298 bits per heavy atom. The maximum absolute atomic E-state index is 2.44. The third kappa shape index (κ3) is 4.03. The van der Waals surface area contributed by atoms with Gasteiger partial charge in [0.05, 0.1) is 0 Å². The van der Waals surface area contributed by atoms with E-state index in [1.54, 1.807) is 0 Å². The third-order valence-corrected chi connectivity index (χ3v) is 11.0. The Labute approximate surface area is 278 Å². The van der Waals surface area contributed by atoms with Crippen molar-refractivity contribution < 1.29 is 0 Å². The highest BCUT2D eigenvalue weighted by atomic mass is 32.2. The number of hydrogen-bond donors (Lipinski definition) is 0. The highest BCUT2D eigenvalue weighted by molar-refractivity contribution is 7.99. The van der Waals surface area contributed by atoms with E-state index in [2.05, 4.69) is 170 Å². The molecule has 1 heterocycles. The summed E-state index contributed by atoms with van der Waals surface area (Å²) in [5, 5.41) is 10.3. The molecule has 9 aromatic carbocycles. The van der Waals surface area contributed by atoms with Crippen LogP contribution < -0.4 is 0 Å². The van der Waals surface area contributed by atoms with Crippen molar-refractivity contribution in [1.29, 1.82) is 0 Å². The van der Waals surface area contributed by atoms with Crippen LogP contribution in [0.5, 0.6) is 0 Å². The highest BCUT2D eigenvalue weighted by Gasteiger charge is 2.22. The van der Waals surface area contributed by atoms with Crippen molar-refractivity contribution in [3.63, 3.8) is 0 Å². The Kier molecular flexibility index (Phi) is 5.91. The Balaban J connectivity index is 1.26. The molecule has 218 valence electrons. The third-order valence-electron chi connectivity index (χ3n) is 9.85. The van der Waals surface area contributed by atoms with Crippen molar-refractivity contribution in [2.75, 3.05) is 0 Å². The van der Waals surface area contributed by atoms with Gasteiger partial charge in [-0.3, -0.25) is 0 Å². The number of rotatable bonds is 3. The molecule has 9 aromatic rings. The molecule has 0 aliphatic carbocycles. The lowest BCUT2D eigenvalue weighted by Crippen LogP contribution is -1.95. The first-order valence-corrected chi connectivity index (χ1v) is 17.0. The lowest BCUT2D eigenvalue weighted by molar-refractivity contribution is 1.40. The molecule has 10 rings (SSSR count). The SMILES string of the molecule is c1ccc(-c2c3ccccc3c(-c3ccc4c(c3)-c3cccc5cccc(c35)S4)c3ccccc23)c(-c2cccc3ccccc23)c1. The first-order chi connectivity index (χ1) is 23.3. The Bertz CT molecular complexity index is 2650. The zero-order chi connectivity index (χ0) is 30.9. The molecule has 1 aliphatic heterocycles. The van der Waals surface area contributed by atoms with Crippen molar-refractivity contribution >= 4 is 54.9 Å². The average molecular weight is 613 g/mol. The predicted octanol–water partition coefficient (Wildman–Crippen LogP) is 13.4. The van der Waals surface area contributed by atoms with E-state index in [4.69, 9.17) is 0 Å². The van der Waals surface area contributed by atoms with Crippen LogP contribution in [0.1, 0.15) is 0 Å². The summed E-state index contributed by atoms with van der Waals surface area (Å²) in [5.41, 5.74) is 10.2. The first-order valence-electron chi connectivity index (χ1n) is 16.2. The monoisotopic (exact) mass is 612 g/mol. The van der Waals surface area contributed by atoms with Crippen molar-refractivity contribution in [3.05, 3.63) is 170 Å². The van der Waals surface area contributed by atoms with E-state index < -0.39 is 0 Å². The van der Waals surface area contributed by atoms with E-state index in [1.165, 1.54) is 97.4 Å². The van der Waals surface area contributed by atoms with E-state index in [1.807, 2.05) is 11.8 Å². The fraction of sp³-hybridized carbons (Fsp3) is 0. The van der Waals surface area contributed by atoms with Crippen LogP contribution in [-0.4, -0.2) is 0 Å². The molecule has 0 aromatic heterocycles. The summed E-state index contributed by atoms with van der Waals surface area (Å²) in [6.45, 7) is 0. The largest absolute Gasteiger partial charge is 0.0888 e. The fourth-order valence-electron chi connectivity index (χ4n) is 7.85. The molecule has 0 bridgehead atoms. The van der Waals surface area contributed by atoms with Crippen molar-refractivity contribution in [2.45, 2.75) is 9.79 Å². The molecule has 0 unspecified atom stereocenters. The van der Waals surface area contributed by atoms with Crippen LogP contribution >= 0.6 is 11.8 Å².